The number of sulfone groups is 1. The molecule has 2 atom stereocenters. The summed E-state index contributed by atoms with van der Waals surface area (Å²) in [7, 11) is -3.50. The molecule has 2 fully saturated rings. The molecule has 1 N–H and O–H groups in total. The topological polar surface area (TPSA) is 111 Å². The molecular weight excluding hydrogens is 523 g/mol. The van der Waals surface area contributed by atoms with Crippen LogP contribution in [0.25, 0.3) is 0 Å². The number of anilines is 1. The van der Waals surface area contributed by atoms with E-state index < -0.39 is 21.3 Å². The van der Waals surface area contributed by atoms with Gasteiger partial charge in [-0.2, -0.15) is 0 Å². The van der Waals surface area contributed by atoms with Crippen LogP contribution in [0.2, 0.25) is 5.15 Å². The lowest BCUT2D eigenvalue weighted by atomic mass is 10.00. The molecule has 0 spiro atoms. The summed E-state index contributed by atoms with van der Waals surface area (Å²) in [5.74, 6) is -0.299. The Morgan fingerprint density at radius 1 is 1.22 bits per heavy atom. The van der Waals surface area contributed by atoms with E-state index in [4.69, 9.17) is 21.1 Å². The van der Waals surface area contributed by atoms with Gasteiger partial charge < -0.3 is 19.7 Å². The molecule has 2 aliphatic heterocycles. The Morgan fingerprint density at radius 2 is 1.89 bits per heavy atom. The number of fused-ring (bicyclic) bond motifs is 2. The zero-order valence-electron chi connectivity index (χ0n) is 21.3. The molecule has 12 heteroatoms. The van der Waals surface area contributed by atoms with Gasteiger partial charge in [0.1, 0.15) is 29.0 Å². The summed E-state index contributed by atoms with van der Waals surface area (Å²) in [6.45, 7) is 5.87. The third-order valence-electron chi connectivity index (χ3n) is 6.48. The minimum absolute atomic E-state index is 0.0407. The molecule has 2 aromatic rings. The molecule has 2 bridgehead atoms. The van der Waals surface area contributed by atoms with Gasteiger partial charge in [0.05, 0.1) is 16.1 Å². The molecule has 202 valence electrons. The van der Waals surface area contributed by atoms with Gasteiger partial charge in [-0.25, -0.2) is 27.6 Å². The van der Waals surface area contributed by atoms with E-state index in [0.717, 1.165) is 25.2 Å². The number of carbonyl (C=O) groups excluding carboxylic acids is 1. The number of carbonyl (C=O) groups is 1. The molecule has 2 saturated heterocycles. The van der Waals surface area contributed by atoms with Crippen molar-refractivity contribution in [2.75, 3.05) is 18.1 Å². The summed E-state index contributed by atoms with van der Waals surface area (Å²) in [5, 5.41) is 3.21. The van der Waals surface area contributed by atoms with E-state index in [1.54, 1.807) is 0 Å². The van der Waals surface area contributed by atoms with Crippen LogP contribution in [0.4, 0.5) is 14.9 Å². The third-order valence-corrected chi connectivity index (χ3v) is 7.92. The lowest BCUT2D eigenvalue weighted by molar-refractivity contribution is -0.00774. The quantitative estimate of drug-likeness (QED) is 0.493. The highest BCUT2D eigenvalue weighted by atomic mass is 35.5. The van der Waals surface area contributed by atoms with Gasteiger partial charge in [-0.3, -0.25) is 0 Å². The van der Waals surface area contributed by atoms with Crippen molar-refractivity contribution in [2.45, 2.75) is 81.6 Å². The zero-order chi connectivity index (χ0) is 27.0. The minimum Gasteiger partial charge on any atom is -0.474 e. The Hall–Kier alpha value is -2.66. The molecule has 1 amide bonds. The summed E-state index contributed by atoms with van der Waals surface area (Å²) in [6, 6.07) is 3.81. The van der Waals surface area contributed by atoms with Crippen LogP contribution in [0, 0.1) is 5.82 Å². The summed E-state index contributed by atoms with van der Waals surface area (Å²) >= 11 is 6.36. The standard InChI is InChI=1S/C25H32ClFN4O5S/c1-25(2,3)36-24(32)31-15-5-6-16(31)12-17(11-15)35-23-19(22(26)29-14-30-23)9-10-28-21-8-7-18(13-20(21)27)37(4,33)34/h7-8,13-17,28H,5-6,9-12H2,1-4H3. The second-order valence-corrected chi connectivity index (χ2v) is 12.9. The van der Waals surface area contributed by atoms with Gasteiger partial charge in [0.2, 0.25) is 5.88 Å². The van der Waals surface area contributed by atoms with E-state index in [-0.39, 0.29) is 40.0 Å². The fourth-order valence-electron chi connectivity index (χ4n) is 4.87. The second-order valence-electron chi connectivity index (χ2n) is 10.5. The van der Waals surface area contributed by atoms with Gasteiger partial charge in [0, 0.05) is 37.7 Å². The first-order chi connectivity index (χ1) is 17.3. The van der Waals surface area contributed by atoms with Crippen molar-refractivity contribution in [2.24, 2.45) is 0 Å². The molecule has 37 heavy (non-hydrogen) atoms. The Labute approximate surface area is 221 Å². The maximum atomic E-state index is 14.4. The van der Waals surface area contributed by atoms with Crippen molar-refractivity contribution in [3.8, 4) is 5.88 Å². The number of hydrogen-bond acceptors (Lipinski definition) is 8. The maximum Gasteiger partial charge on any atom is 0.410 e. The molecule has 4 rings (SSSR count). The number of rotatable bonds is 7. The molecule has 9 nitrogen and oxygen atoms in total. The van der Waals surface area contributed by atoms with E-state index in [9.17, 15) is 17.6 Å². The Morgan fingerprint density at radius 3 is 2.49 bits per heavy atom. The average molecular weight is 555 g/mol. The monoisotopic (exact) mass is 554 g/mol. The molecule has 1 aromatic heterocycles. The maximum absolute atomic E-state index is 14.4. The lowest BCUT2D eigenvalue weighted by Crippen LogP contribution is -2.50. The first kappa shape index (κ1) is 27.4. The predicted molar refractivity (Wildman–Crippen MR) is 137 cm³/mol. The SMILES string of the molecule is CC(C)(C)OC(=O)N1C2CCC1CC(Oc1ncnc(Cl)c1CCNc1ccc(S(C)(=O)=O)cc1F)C2. The summed E-state index contributed by atoms with van der Waals surface area (Å²) in [5.41, 5.74) is 0.212. The van der Waals surface area contributed by atoms with E-state index >= 15 is 0 Å². The number of nitrogens with zero attached hydrogens (tertiary/aromatic N) is 3. The summed E-state index contributed by atoms with van der Waals surface area (Å²) in [6.07, 6.45) is 5.40. The first-order valence-electron chi connectivity index (χ1n) is 12.2. The Balaban J connectivity index is 1.39. The lowest BCUT2D eigenvalue weighted by Gasteiger charge is -2.39. The molecule has 2 unspecified atom stereocenters. The van der Waals surface area contributed by atoms with E-state index in [2.05, 4.69) is 15.3 Å². The van der Waals surface area contributed by atoms with Crippen molar-refractivity contribution < 1.29 is 27.1 Å². The molecule has 0 saturated carbocycles. The van der Waals surface area contributed by atoms with Gasteiger partial charge in [-0.1, -0.05) is 11.6 Å². The van der Waals surface area contributed by atoms with Crippen LogP contribution in [-0.2, 0) is 21.0 Å². The zero-order valence-corrected chi connectivity index (χ0v) is 22.9. The average Bonchev–Trinajstić information content (AvgIpc) is 3.05. The smallest absolute Gasteiger partial charge is 0.410 e. The largest absolute Gasteiger partial charge is 0.474 e. The van der Waals surface area contributed by atoms with Gasteiger partial charge >= 0.3 is 6.09 Å². The number of hydrogen-bond donors (Lipinski definition) is 1. The van der Waals surface area contributed by atoms with Crippen molar-refractivity contribution >= 4 is 33.2 Å². The van der Waals surface area contributed by atoms with Gasteiger partial charge in [-0.05, 0) is 58.2 Å². The molecular formula is C25H32ClFN4O5S. The highest BCUT2D eigenvalue weighted by Crippen LogP contribution is 2.38. The van der Waals surface area contributed by atoms with Crippen molar-refractivity contribution in [3.05, 3.63) is 41.1 Å². The van der Waals surface area contributed by atoms with Crippen molar-refractivity contribution in [1.82, 2.24) is 14.9 Å². The van der Waals surface area contributed by atoms with Crippen LogP contribution < -0.4 is 10.1 Å². The van der Waals surface area contributed by atoms with Crippen molar-refractivity contribution in [1.29, 1.82) is 0 Å². The van der Waals surface area contributed by atoms with Gasteiger partial charge in [0.25, 0.3) is 0 Å². The number of amides is 1. The number of ether oxygens (including phenoxy) is 2. The van der Waals surface area contributed by atoms with E-state index in [0.29, 0.717) is 37.3 Å². The number of benzene rings is 1. The van der Waals surface area contributed by atoms with Crippen LogP contribution in [0.1, 0.15) is 52.0 Å². The third kappa shape index (κ3) is 6.62. The van der Waals surface area contributed by atoms with Crippen LogP contribution in [0.3, 0.4) is 0 Å². The molecule has 2 aliphatic rings. The number of nitrogens with one attached hydrogen (secondary N) is 1. The molecule has 1 aromatic carbocycles. The van der Waals surface area contributed by atoms with Crippen LogP contribution in [0.5, 0.6) is 5.88 Å². The minimum atomic E-state index is -3.50. The molecule has 0 radical (unpaired) electrons. The van der Waals surface area contributed by atoms with Crippen LogP contribution >= 0.6 is 11.6 Å². The van der Waals surface area contributed by atoms with Crippen LogP contribution in [0.15, 0.2) is 29.4 Å². The fraction of sp³-hybridized carbons (Fsp3) is 0.560. The molecule has 0 aliphatic carbocycles. The van der Waals surface area contributed by atoms with E-state index in [1.807, 2.05) is 25.7 Å². The normalized spacial score (nSPS) is 21.6. The van der Waals surface area contributed by atoms with Gasteiger partial charge in [-0.15, -0.1) is 0 Å². The Bertz CT molecular complexity index is 1260. The summed E-state index contributed by atoms with van der Waals surface area (Å²) in [4.78, 5) is 22.9. The fourth-order valence-corrected chi connectivity index (χ4v) is 5.73. The number of aromatic nitrogens is 2. The second kappa shape index (κ2) is 10.6. The molecule has 3 heterocycles. The van der Waals surface area contributed by atoms with Crippen LogP contribution in [-0.4, -0.2) is 66.0 Å². The highest BCUT2D eigenvalue weighted by molar-refractivity contribution is 7.90. The van der Waals surface area contributed by atoms with Crippen molar-refractivity contribution in [3.63, 3.8) is 0 Å². The summed E-state index contributed by atoms with van der Waals surface area (Å²) < 4.78 is 49.5. The predicted octanol–water partition coefficient (Wildman–Crippen LogP) is 4.64. The number of piperidine rings is 1. The number of halogens is 2. The Kier molecular flexibility index (Phi) is 7.85. The van der Waals surface area contributed by atoms with E-state index in [1.165, 1.54) is 18.5 Å². The first-order valence-corrected chi connectivity index (χ1v) is 14.5. The van der Waals surface area contributed by atoms with Gasteiger partial charge in [0.15, 0.2) is 9.84 Å². The highest BCUT2D eigenvalue weighted by Gasteiger charge is 2.45.